The molecule has 0 spiro atoms. The fraction of sp³-hybridized carbons (Fsp3) is 0.676. The maximum Gasteiger partial charge on any atom is 0.328 e. The SMILES string of the molecule is CC[C@H](C)[C@H](NC(=O)[C@H](CCC(=O)O)NC(=O)[C@H](CCCN=C(N)N)NC(=O)[C@H](CCCCN)NC(=O)[C@H](CCCN=C(N)N)NC(=O)[C@H](CO)NC(=O)[C@H](CCCN=C(N)N)NC(=O)[C@@H](N)[C@@H](C)O)C(=O)N[C@@H](CC(C)C)C(=O)N[C@@H](Cc1cnc[nH]1)C(=O)N[C@@H](CCC(=O)O)C(=O)NCC(=O)N[C@@H](CS)C(=O)N[C@H](C(=O)N[C@@H](CO)C(=O)O)[C@@H](C)O. The Bertz CT molecular complexity index is 3730. The van der Waals surface area contributed by atoms with Crippen LogP contribution in [-0.2, 0) is 87.9 Å². The zero-order valence-electron chi connectivity index (χ0n) is 69.4. The van der Waals surface area contributed by atoms with Crippen molar-refractivity contribution >= 4 is 131 Å². The Morgan fingerprint density at radius 1 is 0.439 bits per heavy atom. The number of hydrogen-bond donors (Lipinski definition) is 31. The number of aromatic nitrogens is 2. The number of imidazole rings is 1. The summed E-state index contributed by atoms with van der Waals surface area (Å²) < 4.78 is 0. The number of aliphatic imine (C=N–C) groups is 3. The van der Waals surface area contributed by atoms with E-state index in [1.54, 1.807) is 20.8 Å². The first kappa shape index (κ1) is 109. The number of amides is 14. The highest BCUT2D eigenvalue weighted by Gasteiger charge is 2.39. The Morgan fingerprint density at radius 3 is 1.20 bits per heavy atom. The minimum atomic E-state index is -1.83. The molecule has 14 amide bonds. The van der Waals surface area contributed by atoms with E-state index in [1.165, 1.54) is 26.4 Å². The van der Waals surface area contributed by atoms with E-state index in [1.807, 2.05) is 5.32 Å². The van der Waals surface area contributed by atoms with Gasteiger partial charge in [-0.05, 0) is 109 Å². The lowest BCUT2D eigenvalue weighted by atomic mass is 9.96. The number of aromatic amines is 1. The number of carbonyl (C=O) groups is 17. The molecule has 0 radical (unpaired) electrons. The van der Waals surface area contributed by atoms with Crippen molar-refractivity contribution in [3.05, 3.63) is 18.2 Å². The fourth-order valence-electron chi connectivity index (χ4n) is 11.3. The van der Waals surface area contributed by atoms with Gasteiger partial charge in [-0.3, -0.25) is 91.7 Å². The maximum atomic E-state index is 14.8. The average Bonchev–Trinajstić information content (AvgIpc) is 1.46. The first-order valence-electron chi connectivity index (χ1n) is 39.5. The Kier molecular flexibility index (Phi) is 51.6. The summed E-state index contributed by atoms with van der Waals surface area (Å²) in [6, 6.07) is -23.3. The van der Waals surface area contributed by atoms with Gasteiger partial charge in [-0.25, -0.2) is 9.78 Å². The fourth-order valence-corrected chi connectivity index (χ4v) is 11.6. The largest absolute Gasteiger partial charge is 0.481 e. The average molecular weight is 1770 g/mol. The summed E-state index contributed by atoms with van der Waals surface area (Å²) in [5.41, 5.74) is 44.9. The molecule has 0 aliphatic heterocycles. The topological polar surface area (TPSA) is 874 Å². The molecular weight excluding hydrogens is 1650 g/mol. The number of guanidine groups is 3. The van der Waals surface area contributed by atoms with Crippen LogP contribution in [0.3, 0.4) is 0 Å². The Morgan fingerprint density at radius 2 is 0.805 bits per heavy atom. The number of nitrogens with zero attached hydrogens (tertiary/aromatic N) is 4. The van der Waals surface area contributed by atoms with Gasteiger partial charge in [-0.2, -0.15) is 12.6 Å². The van der Waals surface area contributed by atoms with Gasteiger partial charge in [-0.1, -0.05) is 34.1 Å². The first-order valence-corrected chi connectivity index (χ1v) is 40.1. The number of carboxylic acid groups (broad SMARTS) is 3. The van der Waals surface area contributed by atoms with E-state index in [-0.39, 0.29) is 120 Å². The molecular formula is C71H125N27O24S. The van der Waals surface area contributed by atoms with Crippen LogP contribution in [0.2, 0.25) is 0 Å². The number of nitrogens with two attached hydrogens (primary N) is 8. The van der Waals surface area contributed by atoms with Crippen molar-refractivity contribution in [1.29, 1.82) is 0 Å². The molecule has 0 aromatic carbocycles. The van der Waals surface area contributed by atoms with Crippen LogP contribution in [0.1, 0.15) is 144 Å². The predicted octanol–water partition coefficient (Wildman–Crippen LogP) is -12.4. The molecule has 17 atom stereocenters. The van der Waals surface area contributed by atoms with E-state index >= 15 is 0 Å². The van der Waals surface area contributed by atoms with Crippen LogP contribution in [0.5, 0.6) is 0 Å². The quantitative estimate of drug-likeness (QED) is 0.0125. The van der Waals surface area contributed by atoms with Crippen LogP contribution >= 0.6 is 12.6 Å². The van der Waals surface area contributed by atoms with Crippen LogP contribution in [0.25, 0.3) is 0 Å². The van der Waals surface area contributed by atoms with Gasteiger partial charge in [-0.15, -0.1) is 0 Å². The molecule has 52 heteroatoms. The summed E-state index contributed by atoms with van der Waals surface area (Å²) in [6.45, 7) is 5.51. The van der Waals surface area contributed by atoms with Gasteiger partial charge < -0.3 is 161 Å². The van der Waals surface area contributed by atoms with Gasteiger partial charge in [0.2, 0.25) is 82.7 Å². The molecule has 0 unspecified atom stereocenters. The number of hydrogen-bond acceptors (Lipinski definition) is 28. The van der Waals surface area contributed by atoms with Gasteiger partial charge in [0, 0.05) is 56.5 Å². The lowest BCUT2D eigenvalue weighted by Gasteiger charge is -2.30. The van der Waals surface area contributed by atoms with Crippen molar-refractivity contribution < 1.29 is 117 Å². The van der Waals surface area contributed by atoms with Crippen molar-refractivity contribution in [3.63, 3.8) is 0 Å². The molecule has 51 nitrogen and oxygen atoms in total. The summed E-state index contributed by atoms with van der Waals surface area (Å²) in [7, 11) is 0. The number of carboxylic acids is 3. The second-order valence-corrected chi connectivity index (χ2v) is 29.5. The number of unbranched alkanes of at least 4 members (excludes halogenated alkanes) is 1. The van der Waals surface area contributed by atoms with E-state index in [2.05, 4.69) is 107 Å². The second-order valence-electron chi connectivity index (χ2n) is 29.1. The number of rotatable bonds is 62. The number of thiol groups is 1. The normalized spacial score (nSPS) is 15.2. The van der Waals surface area contributed by atoms with E-state index in [9.17, 15) is 117 Å². The van der Waals surface area contributed by atoms with Crippen molar-refractivity contribution in [2.24, 2.45) is 72.7 Å². The molecule has 1 aromatic heterocycles. The highest BCUT2D eigenvalue weighted by atomic mass is 32.1. The van der Waals surface area contributed by atoms with Gasteiger partial charge >= 0.3 is 17.9 Å². The van der Waals surface area contributed by atoms with Gasteiger partial charge in [0.25, 0.3) is 0 Å². The monoisotopic (exact) mass is 1770 g/mol. The van der Waals surface area contributed by atoms with Gasteiger partial charge in [0.15, 0.2) is 17.9 Å². The zero-order chi connectivity index (χ0) is 93.3. The number of H-pyrrole nitrogens is 1. The van der Waals surface area contributed by atoms with Gasteiger partial charge in [0.05, 0.1) is 38.3 Å². The second kappa shape index (κ2) is 58.2. The molecule has 0 bridgehead atoms. The zero-order valence-corrected chi connectivity index (χ0v) is 70.3. The minimum Gasteiger partial charge on any atom is -0.481 e. The van der Waals surface area contributed by atoms with Crippen molar-refractivity contribution in [3.8, 4) is 0 Å². The third kappa shape index (κ3) is 43.5. The molecule has 0 saturated carbocycles. The number of aliphatic hydroxyl groups is 4. The minimum absolute atomic E-state index is 0.0190. The smallest absolute Gasteiger partial charge is 0.328 e. The van der Waals surface area contributed by atoms with Crippen LogP contribution < -0.4 is 120 Å². The summed E-state index contributed by atoms with van der Waals surface area (Å²) >= 11 is 4.05. The number of carbonyl (C=O) groups excluding carboxylic acids is 14. The van der Waals surface area contributed by atoms with Crippen molar-refractivity contribution in [2.75, 3.05) is 51.7 Å². The molecule has 1 heterocycles. The molecule has 694 valence electrons. The summed E-state index contributed by atoms with van der Waals surface area (Å²) in [6.07, 6.45) is -4.31. The van der Waals surface area contributed by atoms with Crippen LogP contribution in [-0.4, -0.2) is 313 Å². The van der Waals surface area contributed by atoms with Crippen molar-refractivity contribution in [2.45, 2.75) is 241 Å². The molecule has 123 heavy (non-hydrogen) atoms. The highest BCUT2D eigenvalue weighted by Crippen LogP contribution is 2.16. The van der Waals surface area contributed by atoms with Crippen molar-refractivity contribution in [1.82, 2.24) is 84.4 Å². The summed E-state index contributed by atoms with van der Waals surface area (Å²) in [4.78, 5) is 250. The molecule has 0 aliphatic rings. The third-order valence-electron chi connectivity index (χ3n) is 18.4. The summed E-state index contributed by atoms with van der Waals surface area (Å²) in [5.74, 6) is -22.5. The molecule has 0 fully saturated rings. The number of nitrogens with one attached hydrogen (secondary N) is 15. The van der Waals surface area contributed by atoms with E-state index in [0.29, 0.717) is 0 Å². The highest BCUT2D eigenvalue weighted by molar-refractivity contribution is 7.80. The Balaban J connectivity index is 3.81. The van der Waals surface area contributed by atoms with Crippen LogP contribution in [0, 0.1) is 11.8 Å². The molecule has 38 N–H and O–H groups in total. The van der Waals surface area contributed by atoms with Crippen LogP contribution in [0.4, 0.5) is 0 Å². The van der Waals surface area contributed by atoms with E-state index in [0.717, 1.165) is 6.92 Å². The lowest BCUT2D eigenvalue weighted by molar-refractivity contribution is -0.144. The molecule has 0 aliphatic carbocycles. The predicted molar refractivity (Wildman–Crippen MR) is 443 cm³/mol. The third-order valence-corrected chi connectivity index (χ3v) is 18.7. The number of aliphatic carboxylic acids is 3. The van der Waals surface area contributed by atoms with Crippen LogP contribution in [0.15, 0.2) is 27.5 Å². The summed E-state index contributed by atoms with van der Waals surface area (Å²) in [5, 5.41) is 102. The number of aliphatic hydroxyl groups excluding tert-OH is 4. The molecule has 1 aromatic rings. The standard InChI is InChI=1S/C71H125N27O24S/c1-7-34(4)53(66(119)94-44(25-33(2)3)61(114)93-45(26-37-27-80-32-85-37)62(115)90-42(17-19-50(104)105)55(108)84-28-49(103)86-48(31-123)64(117)98-54(36(6)102)67(120)96-47(30-100)68(121)122)97-60(113)43(18-20-51(106)107)91-58(111)39(14-10-22-81-69(74)75)88-56(109)38(13-8-9-21-72)87-57(110)40(15-11-23-82-70(76)77)89-63(116)46(29-99)95-59(112)41(16-12-24-83-71(78)79)92-65(118)52(73)35(5)101/h27,32-36,38-48,52-54,99-102,123H,7-26,28-31,72-73H2,1-6H3,(H,80,85)(H,84,108)(H,86,103)(H,87,110)(H,88,109)(H,89,116)(H,90,115)(H,91,111)(H,92,118)(H,93,114)(H,94,119)(H,95,112)(H,96,120)(H,97,113)(H,98,117)(H,104,105)(H,106,107)(H,121,122)(H4,74,75,81)(H4,76,77,82)(H4,78,79,83)/t34-,35+,36+,38-,39-,40-,41-,42-,43-,44-,45-,46-,47-,48-,52-,53-,54-/m0/s1. The first-order chi connectivity index (χ1) is 57.8. The van der Waals surface area contributed by atoms with E-state index in [4.69, 9.17) is 45.9 Å². The molecule has 0 saturated heterocycles. The Labute approximate surface area is 713 Å². The van der Waals surface area contributed by atoms with E-state index < -0.39 is 267 Å². The molecule has 1 rings (SSSR count). The lowest BCUT2D eigenvalue weighted by Crippen LogP contribution is -2.61. The Hall–Kier alpha value is -11.9. The van der Waals surface area contributed by atoms with Gasteiger partial charge in [0.1, 0.15) is 84.6 Å². The maximum absolute atomic E-state index is 14.8.